The molecule has 168 valence electrons. The molecule has 0 aliphatic heterocycles. The monoisotopic (exact) mass is 466 g/mol. The van der Waals surface area contributed by atoms with Crippen molar-refractivity contribution in [2.75, 3.05) is 5.32 Å². The van der Waals surface area contributed by atoms with E-state index < -0.39 is 17.8 Å². The van der Waals surface area contributed by atoms with Crippen LogP contribution in [0.5, 0.6) is 0 Å². The van der Waals surface area contributed by atoms with Gasteiger partial charge < -0.3 is 10.6 Å². The summed E-state index contributed by atoms with van der Waals surface area (Å²) in [5.74, 6) is -1.83. The van der Waals surface area contributed by atoms with Crippen molar-refractivity contribution < 1.29 is 22.4 Å². The van der Waals surface area contributed by atoms with Crippen LogP contribution >= 0.6 is 11.6 Å². The summed E-state index contributed by atoms with van der Waals surface area (Å²) in [4.78, 5) is 19.7. The van der Waals surface area contributed by atoms with Gasteiger partial charge in [-0.1, -0.05) is 11.6 Å². The third-order valence-electron chi connectivity index (χ3n) is 5.42. The van der Waals surface area contributed by atoms with Crippen LogP contribution in [0.4, 0.5) is 23.4 Å². The Labute approximate surface area is 186 Å². The van der Waals surface area contributed by atoms with E-state index in [0.717, 1.165) is 0 Å². The number of rotatable bonds is 4. The number of aromatic nitrogens is 2. The van der Waals surface area contributed by atoms with E-state index in [-0.39, 0.29) is 29.3 Å². The standard InChI is InChI=1S/C22H19ClF4N4O/c23-13-3-10-18-17(11-13)19(31-21(30-18)22(25,26)27)28-15-6-8-16(9-7-15)29-20(32)12-1-4-14(24)5-2-12/h1-5,10-11,15-16H,6-9H2,(H,29,32)(H,28,30,31). The Kier molecular flexibility index (Phi) is 6.19. The molecule has 0 bridgehead atoms. The highest BCUT2D eigenvalue weighted by molar-refractivity contribution is 6.31. The molecule has 1 aliphatic carbocycles. The Balaban J connectivity index is 1.44. The molecule has 0 saturated heterocycles. The summed E-state index contributed by atoms with van der Waals surface area (Å²) < 4.78 is 52.8. The van der Waals surface area contributed by atoms with Crippen molar-refractivity contribution in [3.63, 3.8) is 0 Å². The second-order valence-corrected chi connectivity index (χ2v) is 8.16. The van der Waals surface area contributed by atoms with E-state index >= 15 is 0 Å². The summed E-state index contributed by atoms with van der Waals surface area (Å²) in [6.07, 6.45) is -2.14. The van der Waals surface area contributed by atoms with Crippen molar-refractivity contribution in [3.05, 3.63) is 64.7 Å². The number of nitrogens with one attached hydrogen (secondary N) is 2. The number of hydrogen-bond acceptors (Lipinski definition) is 4. The lowest BCUT2D eigenvalue weighted by molar-refractivity contribution is -0.144. The van der Waals surface area contributed by atoms with Gasteiger partial charge in [0.2, 0.25) is 5.82 Å². The van der Waals surface area contributed by atoms with Crippen LogP contribution in [0.3, 0.4) is 0 Å². The predicted molar refractivity (Wildman–Crippen MR) is 113 cm³/mol. The lowest BCUT2D eigenvalue weighted by atomic mass is 9.91. The van der Waals surface area contributed by atoms with Crippen LogP contribution in [0.25, 0.3) is 10.9 Å². The lowest BCUT2D eigenvalue weighted by Crippen LogP contribution is -2.40. The van der Waals surface area contributed by atoms with Gasteiger partial charge in [0.25, 0.3) is 5.91 Å². The average molecular weight is 467 g/mol. The first-order valence-corrected chi connectivity index (χ1v) is 10.4. The maximum Gasteiger partial charge on any atom is 0.451 e. The Morgan fingerprint density at radius 3 is 2.28 bits per heavy atom. The van der Waals surface area contributed by atoms with Crippen LogP contribution in [0.1, 0.15) is 41.9 Å². The van der Waals surface area contributed by atoms with Gasteiger partial charge in [-0.2, -0.15) is 13.2 Å². The summed E-state index contributed by atoms with van der Waals surface area (Å²) in [5.41, 5.74) is 0.523. The molecule has 0 spiro atoms. The minimum absolute atomic E-state index is 0.0760. The molecule has 1 fully saturated rings. The molecule has 4 rings (SSSR count). The maximum absolute atomic E-state index is 13.2. The molecule has 0 radical (unpaired) electrons. The number of amides is 1. The van der Waals surface area contributed by atoms with E-state index in [9.17, 15) is 22.4 Å². The molecule has 1 amide bonds. The number of fused-ring (bicyclic) bond motifs is 1. The largest absolute Gasteiger partial charge is 0.451 e. The number of halogens is 5. The smallest absolute Gasteiger partial charge is 0.367 e. The molecule has 1 aliphatic rings. The van der Waals surface area contributed by atoms with Crippen LogP contribution in [0.15, 0.2) is 42.5 Å². The summed E-state index contributed by atoms with van der Waals surface area (Å²) in [6, 6.07) is 9.54. The average Bonchev–Trinajstić information content (AvgIpc) is 2.75. The predicted octanol–water partition coefficient (Wildman–Crippen LogP) is 5.59. The molecule has 3 aromatic rings. The molecule has 5 nitrogen and oxygen atoms in total. The fraction of sp³-hybridized carbons (Fsp3) is 0.318. The van der Waals surface area contributed by atoms with Gasteiger partial charge in [-0.15, -0.1) is 0 Å². The zero-order valence-electron chi connectivity index (χ0n) is 16.7. The van der Waals surface area contributed by atoms with Gasteiger partial charge in [-0.25, -0.2) is 14.4 Å². The van der Waals surface area contributed by atoms with Gasteiger partial charge in [0, 0.05) is 28.1 Å². The molecule has 0 atom stereocenters. The Hall–Kier alpha value is -2.94. The number of anilines is 1. The zero-order chi connectivity index (χ0) is 22.9. The number of hydrogen-bond donors (Lipinski definition) is 2. The maximum atomic E-state index is 13.2. The SMILES string of the molecule is O=C(NC1CCC(Nc2nc(C(F)(F)F)nc3ccc(Cl)cc23)CC1)c1ccc(F)cc1. The van der Waals surface area contributed by atoms with E-state index in [1.54, 1.807) is 0 Å². The fourth-order valence-corrected chi connectivity index (χ4v) is 3.95. The molecule has 32 heavy (non-hydrogen) atoms. The summed E-state index contributed by atoms with van der Waals surface area (Å²) in [6.45, 7) is 0. The highest BCUT2D eigenvalue weighted by Crippen LogP contribution is 2.32. The summed E-state index contributed by atoms with van der Waals surface area (Å²) in [5, 5.41) is 6.82. The van der Waals surface area contributed by atoms with Crippen molar-refractivity contribution in [1.82, 2.24) is 15.3 Å². The minimum atomic E-state index is -4.67. The van der Waals surface area contributed by atoms with E-state index in [0.29, 0.717) is 41.7 Å². The number of alkyl halides is 3. The molecule has 0 unspecified atom stereocenters. The first-order valence-electron chi connectivity index (χ1n) is 10.1. The number of nitrogens with zero attached hydrogens (tertiary/aromatic N) is 2. The van der Waals surface area contributed by atoms with E-state index in [4.69, 9.17) is 11.6 Å². The van der Waals surface area contributed by atoms with Gasteiger partial charge in [0.05, 0.1) is 5.52 Å². The highest BCUT2D eigenvalue weighted by atomic mass is 35.5. The van der Waals surface area contributed by atoms with Gasteiger partial charge in [0.15, 0.2) is 0 Å². The molecule has 10 heteroatoms. The van der Waals surface area contributed by atoms with Gasteiger partial charge in [0.1, 0.15) is 11.6 Å². The number of carbonyl (C=O) groups excluding carboxylic acids is 1. The fourth-order valence-electron chi connectivity index (χ4n) is 3.78. The van der Waals surface area contributed by atoms with E-state index in [2.05, 4.69) is 20.6 Å². The van der Waals surface area contributed by atoms with Crippen molar-refractivity contribution in [3.8, 4) is 0 Å². The van der Waals surface area contributed by atoms with Crippen LogP contribution in [-0.4, -0.2) is 28.0 Å². The molecule has 2 N–H and O–H groups in total. The Morgan fingerprint density at radius 2 is 1.62 bits per heavy atom. The zero-order valence-corrected chi connectivity index (χ0v) is 17.5. The van der Waals surface area contributed by atoms with Gasteiger partial charge in [-0.05, 0) is 68.1 Å². The first kappa shape index (κ1) is 22.3. The van der Waals surface area contributed by atoms with Gasteiger partial charge >= 0.3 is 6.18 Å². The lowest BCUT2D eigenvalue weighted by Gasteiger charge is -2.30. The molecular formula is C22H19ClF4N4O. The summed E-state index contributed by atoms with van der Waals surface area (Å²) in [7, 11) is 0. The molecular weight excluding hydrogens is 448 g/mol. The minimum Gasteiger partial charge on any atom is -0.367 e. The molecule has 1 aromatic heterocycles. The number of benzene rings is 2. The topological polar surface area (TPSA) is 66.9 Å². The Bertz CT molecular complexity index is 1130. The quantitative estimate of drug-likeness (QED) is 0.492. The normalized spacial score (nSPS) is 19.0. The van der Waals surface area contributed by atoms with Crippen LogP contribution < -0.4 is 10.6 Å². The van der Waals surface area contributed by atoms with E-state index in [1.165, 1.54) is 42.5 Å². The number of carbonyl (C=O) groups is 1. The third-order valence-corrected chi connectivity index (χ3v) is 5.66. The third kappa shape index (κ3) is 5.09. The second kappa shape index (κ2) is 8.90. The molecule has 1 saturated carbocycles. The van der Waals surface area contributed by atoms with Crippen molar-refractivity contribution >= 4 is 34.2 Å². The molecule has 1 heterocycles. The first-order chi connectivity index (χ1) is 15.2. The van der Waals surface area contributed by atoms with Crippen molar-refractivity contribution in [2.24, 2.45) is 0 Å². The molecule has 2 aromatic carbocycles. The van der Waals surface area contributed by atoms with E-state index in [1.807, 2.05) is 0 Å². The van der Waals surface area contributed by atoms with Crippen molar-refractivity contribution in [1.29, 1.82) is 0 Å². The van der Waals surface area contributed by atoms with Crippen LogP contribution in [0, 0.1) is 5.82 Å². The van der Waals surface area contributed by atoms with Crippen LogP contribution in [0.2, 0.25) is 5.02 Å². The Morgan fingerprint density at radius 1 is 0.969 bits per heavy atom. The van der Waals surface area contributed by atoms with Gasteiger partial charge in [-0.3, -0.25) is 4.79 Å². The summed E-state index contributed by atoms with van der Waals surface area (Å²) >= 11 is 6.02. The second-order valence-electron chi connectivity index (χ2n) is 7.73. The van der Waals surface area contributed by atoms with Crippen molar-refractivity contribution in [2.45, 2.75) is 43.9 Å². The van der Waals surface area contributed by atoms with Crippen LogP contribution in [-0.2, 0) is 6.18 Å². The highest BCUT2D eigenvalue weighted by Gasteiger charge is 2.36.